The number of aryl methyl sites for hydroxylation is 1. The van der Waals surface area contributed by atoms with Crippen LogP contribution in [0.15, 0.2) is 0 Å². The summed E-state index contributed by atoms with van der Waals surface area (Å²) in [6.07, 6.45) is 4.47. The fraction of sp³-hybridized carbons (Fsp3) is 0.818. The van der Waals surface area contributed by atoms with Crippen molar-refractivity contribution >= 4 is 11.8 Å². The Morgan fingerprint density at radius 3 is 3.12 bits per heavy atom. The average Bonchev–Trinajstić information content (AvgIpc) is 2.90. The lowest BCUT2D eigenvalue weighted by molar-refractivity contribution is 0.434. The third kappa shape index (κ3) is 1.98. The summed E-state index contributed by atoms with van der Waals surface area (Å²) in [5.41, 5.74) is 6.01. The molecule has 3 rings (SSSR count). The van der Waals surface area contributed by atoms with Crippen LogP contribution in [-0.2, 0) is 19.4 Å². The van der Waals surface area contributed by atoms with Crippen LogP contribution in [-0.4, -0.2) is 32.3 Å². The van der Waals surface area contributed by atoms with Crippen molar-refractivity contribution in [3.05, 3.63) is 11.6 Å². The van der Waals surface area contributed by atoms with E-state index in [0.717, 1.165) is 43.4 Å². The maximum Gasteiger partial charge on any atom is 0.133 e. The van der Waals surface area contributed by atoms with Crippen LogP contribution >= 0.6 is 11.8 Å². The van der Waals surface area contributed by atoms with Gasteiger partial charge < -0.3 is 10.3 Å². The first-order valence-electron chi connectivity index (χ1n) is 6.07. The summed E-state index contributed by atoms with van der Waals surface area (Å²) in [6.45, 7) is 0.914. The van der Waals surface area contributed by atoms with E-state index in [0.29, 0.717) is 6.04 Å². The smallest absolute Gasteiger partial charge is 0.133 e. The van der Waals surface area contributed by atoms with Crippen LogP contribution < -0.4 is 5.73 Å². The highest BCUT2D eigenvalue weighted by molar-refractivity contribution is 7.99. The lowest BCUT2D eigenvalue weighted by Gasteiger charge is -2.21. The van der Waals surface area contributed by atoms with Crippen LogP contribution in [0.3, 0.4) is 0 Å². The predicted octanol–water partition coefficient (Wildman–Crippen LogP) is 0.847. The van der Waals surface area contributed by atoms with Crippen LogP contribution in [0.5, 0.6) is 0 Å². The molecule has 5 heteroatoms. The second kappa shape index (κ2) is 4.37. The molecule has 3 heterocycles. The minimum Gasteiger partial charge on any atom is -0.326 e. The SMILES string of the molecule is NC1CCc2nnc(CC3CCSC3)n2C1. The lowest BCUT2D eigenvalue weighted by Crippen LogP contribution is -2.33. The number of hydrogen-bond donors (Lipinski definition) is 1. The van der Waals surface area contributed by atoms with Crippen molar-refractivity contribution in [2.75, 3.05) is 11.5 Å². The van der Waals surface area contributed by atoms with Crippen LogP contribution in [0.1, 0.15) is 24.5 Å². The Labute approximate surface area is 100.0 Å². The van der Waals surface area contributed by atoms with Gasteiger partial charge in [-0.25, -0.2) is 0 Å². The van der Waals surface area contributed by atoms with E-state index in [1.165, 1.54) is 17.9 Å². The second-order valence-corrected chi connectivity index (χ2v) is 6.03. The molecule has 1 aromatic rings. The first-order chi connectivity index (χ1) is 7.83. The number of fused-ring (bicyclic) bond motifs is 1. The number of thioether (sulfide) groups is 1. The fourth-order valence-electron chi connectivity index (χ4n) is 2.56. The summed E-state index contributed by atoms with van der Waals surface area (Å²) in [5, 5.41) is 8.63. The number of hydrogen-bond acceptors (Lipinski definition) is 4. The molecule has 0 saturated carbocycles. The van der Waals surface area contributed by atoms with Gasteiger partial charge in [-0.2, -0.15) is 11.8 Å². The molecular weight excluding hydrogens is 220 g/mol. The number of rotatable bonds is 2. The Balaban J connectivity index is 1.77. The van der Waals surface area contributed by atoms with Gasteiger partial charge in [-0.1, -0.05) is 0 Å². The van der Waals surface area contributed by atoms with Gasteiger partial charge in [-0.15, -0.1) is 10.2 Å². The topological polar surface area (TPSA) is 56.7 Å². The molecular formula is C11H18N4S. The Kier molecular flexibility index (Phi) is 2.90. The molecule has 0 radical (unpaired) electrons. The third-order valence-corrected chi connectivity index (χ3v) is 4.79. The molecule has 1 aromatic heterocycles. The fourth-order valence-corrected chi connectivity index (χ4v) is 3.85. The summed E-state index contributed by atoms with van der Waals surface area (Å²) in [4.78, 5) is 0. The van der Waals surface area contributed by atoms with E-state index in [-0.39, 0.29) is 0 Å². The molecule has 2 aliphatic heterocycles. The standard InChI is InChI=1S/C11H18N4S/c12-9-1-2-10-13-14-11(15(10)6-9)5-8-3-4-16-7-8/h8-9H,1-7,12H2. The third-order valence-electron chi connectivity index (χ3n) is 3.56. The Morgan fingerprint density at radius 1 is 1.38 bits per heavy atom. The Hall–Kier alpha value is -0.550. The molecule has 0 aliphatic carbocycles. The van der Waals surface area contributed by atoms with E-state index in [9.17, 15) is 0 Å². The molecule has 0 spiro atoms. The van der Waals surface area contributed by atoms with Crippen molar-refractivity contribution in [1.29, 1.82) is 0 Å². The number of nitrogens with zero attached hydrogens (tertiary/aromatic N) is 3. The van der Waals surface area contributed by atoms with Crippen LogP contribution in [0.4, 0.5) is 0 Å². The second-order valence-electron chi connectivity index (χ2n) is 4.88. The zero-order valence-corrected chi connectivity index (χ0v) is 10.2. The average molecular weight is 238 g/mol. The maximum atomic E-state index is 6.01. The van der Waals surface area contributed by atoms with E-state index < -0.39 is 0 Å². The van der Waals surface area contributed by atoms with Crippen LogP contribution in [0.2, 0.25) is 0 Å². The molecule has 2 N–H and O–H groups in total. The molecule has 4 nitrogen and oxygen atoms in total. The Morgan fingerprint density at radius 2 is 2.31 bits per heavy atom. The quantitative estimate of drug-likeness (QED) is 0.830. The van der Waals surface area contributed by atoms with E-state index in [1.807, 2.05) is 0 Å². The van der Waals surface area contributed by atoms with Gasteiger partial charge in [0.05, 0.1) is 0 Å². The predicted molar refractivity (Wildman–Crippen MR) is 65.5 cm³/mol. The first-order valence-corrected chi connectivity index (χ1v) is 7.22. The minimum atomic E-state index is 0.292. The summed E-state index contributed by atoms with van der Waals surface area (Å²) < 4.78 is 2.26. The molecule has 0 aromatic carbocycles. The highest BCUT2D eigenvalue weighted by atomic mass is 32.2. The Bertz CT molecular complexity index is 370. The zero-order chi connectivity index (χ0) is 11.0. The largest absolute Gasteiger partial charge is 0.326 e. The van der Waals surface area contributed by atoms with Crippen molar-refractivity contribution in [2.24, 2.45) is 11.7 Å². The molecule has 0 amide bonds. The molecule has 1 fully saturated rings. The summed E-state index contributed by atoms with van der Waals surface area (Å²) in [7, 11) is 0. The summed E-state index contributed by atoms with van der Waals surface area (Å²) in [6, 6.07) is 0.292. The van der Waals surface area contributed by atoms with Crippen molar-refractivity contribution < 1.29 is 0 Å². The highest BCUT2D eigenvalue weighted by Crippen LogP contribution is 2.27. The van der Waals surface area contributed by atoms with E-state index in [4.69, 9.17) is 5.73 Å². The van der Waals surface area contributed by atoms with Gasteiger partial charge in [0.2, 0.25) is 0 Å². The maximum absolute atomic E-state index is 6.01. The molecule has 0 bridgehead atoms. The number of aromatic nitrogens is 3. The molecule has 2 unspecified atom stereocenters. The van der Waals surface area contributed by atoms with Crippen molar-refractivity contribution in [2.45, 2.75) is 38.3 Å². The van der Waals surface area contributed by atoms with Crippen LogP contribution in [0, 0.1) is 5.92 Å². The van der Waals surface area contributed by atoms with Gasteiger partial charge in [0.1, 0.15) is 11.6 Å². The summed E-state index contributed by atoms with van der Waals surface area (Å²) >= 11 is 2.06. The van der Waals surface area contributed by atoms with E-state index in [1.54, 1.807) is 0 Å². The van der Waals surface area contributed by atoms with Crippen LogP contribution in [0.25, 0.3) is 0 Å². The van der Waals surface area contributed by atoms with Gasteiger partial charge >= 0.3 is 0 Å². The first kappa shape index (κ1) is 10.6. The van der Waals surface area contributed by atoms with Gasteiger partial charge in [0, 0.05) is 25.4 Å². The van der Waals surface area contributed by atoms with E-state index in [2.05, 4.69) is 26.5 Å². The van der Waals surface area contributed by atoms with Crippen molar-refractivity contribution in [3.8, 4) is 0 Å². The zero-order valence-electron chi connectivity index (χ0n) is 9.43. The molecule has 88 valence electrons. The van der Waals surface area contributed by atoms with Crippen molar-refractivity contribution in [1.82, 2.24) is 14.8 Å². The minimum absolute atomic E-state index is 0.292. The number of nitrogens with two attached hydrogens (primary N) is 1. The normalized spacial score (nSPS) is 29.3. The lowest BCUT2D eigenvalue weighted by atomic mass is 10.0. The van der Waals surface area contributed by atoms with Gasteiger partial charge in [0.25, 0.3) is 0 Å². The highest BCUT2D eigenvalue weighted by Gasteiger charge is 2.23. The van der Waals surface area contributed by atoms with Gasteiger partial charge in [-0.3, -0.25) is 0 Å². The molecule has 2 aliphatic rings. The molecule has 1 saturated heterocycles. The van der Waals surface area contributed by atoms with Crippen molar-refractivity contribution in [3.63, 3.8) is 0 Å². The van der Waals surface area contributed by atoms with Gasteiger partial charge in [-0.05, 0) is 30.3 Å². The molecule has 2 atom stereocenters. The van der Waals surface area contributed by atoms with E-state index >= 15 is 0 Å². The monoisotopic (exact) mass is 238 g/mol. The molecule has 16 heavy (non-hydrogen) atoms. The summed E-state index contributed by atoms with van der Waals surface area (Å²) in [5.74, 6) is 5.70. The van der Waals surface area contributed by atoms with Gasteiger partial charge in [0.15, 0.2) is 0 Å².